The van der Waals surface area contributed by atoms with E-state index in [4.69, 9.17) is 0 Å². The van der Waals surface area contributed by atoms with Crippen molar-refractivity contribution in [1.82, 2.24) is 10.2 Å². The van der Waals surface area contributed by atoms with Crippen molar-refractivity contribution < 1.29 is 14.4 Å². The molecule has 2 N–H and O–H groups in total. The van der Waals surface area contributed by atoms with Crippen molar-refractivity contribution in [2.24, 2.45) is 11.8 Å². The lowest BCUT2D eigenvalue weighted by Gasteiger charge is -2.30. The van der Waals surface area contributed by atoms with E-state index in [0.717, 1.165) is 22.4 Å². The number of nitrogens with one attached hydrogen (secondary N) is 2. The van der Waals surface area contributed by atoms with Crippen molar-refractivity contribution in [2.45, 2.75) is 58.7 Å². The maximum absolute atomic E-state index is 13.3. The number of imide groups is 1. The zero-order chi connectivity index (χ0) is 19.0. The van der Waals surface area contributed by atoms with Crippen LogP contribution in [0.2, 0.25) is 0 Å². The minimum atomic E-state index is -1.16. The Kier molecular flexibility index (Phi) is 3.57. The van der Waals surface area contributed by atoms with Gasteiger partial charge in [0.1, 0.15) is 5.54 Å². The second-order valence-electron chi connectivity index (χ2n) is 8.01. The predicted octanol–water partition coefficient (Wildman–Crippen LogP) is 1.84. The number of nitrogens with zero attached hydrogens (tertiary/aromatic N) is 1. The number of carbonyl (C=O) groups excluding carboxylic acids is 3. The number of benzene rings is 1. The molecule has 26 heavy (non-hydrogen) atoms. The van der Waals surface area contributed by atoms with Crippen LogP contribution < -0.4 is 10.6 Å². The minimum absolute atomic E-state index is 0.156. The molecule has 6 heteroatoms. The molecule has 138 valence electrons. The third kappa shape index (κ3) is 1.88. The van der Waals surface area contributed by atoms with E-state index in [1.165, 1.54) is 4.90 Å². The average molecular weight is 355 g/mol. The maximum Gasteiger partial charge on any atom is 0.250 e. The molecule has 1 spiro atoms. The van der Waals surface area contributed by atoms with E-state index in [2.05, 4.69) is 10.6 Å². The van der Waals surface area contributed by atoms with Gasteiger partial charge in [0, 0.05) is 23.3 Å². The number of carbonyl (C=O) groups is 3. The van der Waals surface area contributed by atoms with E-state index in [9.17, 15) is 14.4 Å². The first-order valence-electron chi connectivity index (χ1n) is 9.31. The molecule has 2 fully saturated rings. The van der Waals surface area contributed by atoms with Gasteiger partial charge in [0.25, 0.3) is 0 Å². The Bertz CT molecular complexity index is 849. The molecule has 0 aromatic heterocycles. The molecule has 3 aliphatic rings. The number of anilines is 1. The van der Waals surface area contributed by atoms with Crippen LogP contribution in [0.1, 0.15) is 43.9 Å². The van der Waals surface area contributed by atoms with Gasteiger partial charge in [-0.3, -0.25) is 24.6 Å². The van der Waals surface area contributed by atoms with Gasteiger partial charge in [-0.15, -0.1) is 0 Å². The third-order valence-electron chi connectivity index (χ3n) is 6.38. The molecular weight excluding hydrogens is 330 g/mol. The Morgan fingerprint density at radius 3 is 2.54 bits per heavy atom. The average Bonchev–Trinajstić information content (AvgIpc) is 3.13. The van der Waals surface area contributed by atoms with Crippen LogP contribution in [0.3, 0.4) is 0 Å². The monoisotopic (exact) mass is 355 g/mol. The van der Waals surface area contributed by atoms with Gasteiger partial charge in [-0.05, 0) is 39.7 Å². The summed E-state index contributed by atoms with van der Waals surface area (Å²) >= 11 is 0. The molecule has 2 saturated heterocycles. The van der Waals surface area contributed by atoms with Gasteiger partial charge in [0.15, 0.2) is 0 Å². The summed E-state index contributed by atoms with van der Waals surface area (Å²) in [6.45, 7) is 9.67. The van der Waals surface area contributed by atoms with Gasteiger partial charge >= 0.3 is 0 Å². The molecule has 4 rings (SSSR count). The summed E-state index contributed by atoms with van der Waals surface area (Å²) in [6, 6.07) is 3.57. The molecule has 3 aliphatic heterocycles. The predicted molar refractivity (Wildman–Crippen MR) is 97.4 cm³/mol. The number of hydrogen-bond donors (Lipinski definition) is 2. The van der Waals surface area contributed by atoms with Gasteiger partial charge in [0.2, 0.25) is 17.7 Å². The molecule has 0 saturated carbocycles. The Morgan fingerprint density at radius 2 is 1.88 bits per heavy atom. The summed E-state index contributed by atoms with van der Waals surface area (Å²) < 4.78 is 0. The fraction of sp³-hybridized carbons (Fsp3) is 0.550. The van der Waals surface area contributed by atoms with Gasteiger partial charge in [-0.2, -0.15) is 0 Å². The van der Waals surface area contributed by atoms with E-state index < -0.39 is 17.4 Å². The lowest BCUT2D eigenvalue weighted by atomic mass is 9.76. The molecule has 1 aromatic rings. The highest BCUT2D eigenvalue weighted by molar-refractivity contribution is 6.15. The highest BCUT2D eigenvalue weighted by Gasteiger charge is 2.70. The number of amides is 3. The van der Waals surface area contributed by atoms with Crippen LogP contribution in [0.4, 0.5) is 5.69 Å². The van der Waals surface area contributed by atoms with E-state index >= 15 is 0 Å². The van der Waals surface area contributed by atoms with Gasteiger partial charge < -0.3 is 5.32 Å². The van der Waals surface area contributed by atoms with Crippen LogP contribution in [0, 0.1) is 25.7 Å². The second kappa shape index (κ2) is 5.39. The Balaban J connectivity index is 1.91. The smallest absolute Gasteiger partial charge is 0.250 e. The van der Waals surface area contributed by atoms with Crippen LogP contribution in [0.15, 0.2) is 12.1 Å². The van der Waals surface area contributed by atoms with E-state index in [-0.39, 0.29) is 29.8 Å². The summed E-state index contributed by atoms with van der Waals surface area (Å²) in [5, 5.41) is 6.32. The van der Waals surface area contributed by atoms with Crippen LogP contribution in [-0.2, 0) is 19.9 Å². The summed E-state index contributed by atoms with van der Waals surface area (Å²) in [4.78, 5) is 40.9. The molecule has 3 amide bonds. The van der Waals surface area contributed by atoms with Crippen molar-refractivity contribution in [2.75, 3.05) is 5.32 Å². The zero-order valence-corrected chi connectivity index (χ0v) is 15.8. The van der Waals surface area contributed by atoms with Crippen molar-refractivity contribution >= 4 is 23.4 Å². The SMILES string of the molecule is CCC(C)N1C(=O)[C@@H]2C(C)NC3(C(=O)Nc4c(C)cc(C)cc43)[C@@H]2C1=O. The summed E-state index contributed by atoms with van der Waals surface area (Å²) in [5.74, 6) is -1.81. The molecule has 6 nitrogen and oxygen atoms in total. The summed E-state index contributed by atoms with van der Waals surface area (Å²) in [7, 11) is 0. The van der Waals surface area contributed by atoms with E-state index in [1.807, 2.05) is 46.8 Å². The topological polar surface area (TPSA) is 78.5 Å². The van der Waals surface area contributed by atoms with Gasteiger partial charge in [0.05, 0.1) is 11.8 Å². The normalized spacial score (nSPS) is 33.7. The minimum Gasteiger partial charge on any atom is -0.324 e. The van der Waals surface area contributed by atoms with E-state index in [1.54, 1.807) is 0 Å². The highest BCUT2D eigenvalue weighted by Crippen LogP contribution is 2.53. The van der Waals surface area contributed by atoms with Gasteiger partial charge in [-0.1, -0.05) is 24.6 Å². The second-order valence-corrected chi connectivity index (χ2v) is 8.01. The molecule has 0 radical (unpaired) electrons. The van der Waals surface area contributed by atoms with Crippen molar-refractivity contribution in [3.8, 4) is 0 Å². The zero-order valence-electron chi connectivity index (χ0n) is 15.8. The van der Waals surface area contributed by atoms with Gasteiger partial charge in [-0.25, -0.2) is 0 Å². The highest BCUT2D eigenvalue weighted by atomic mass is 16.2. The van der Waals surface area contributed by atoms with Crippen LogP contribution in [-0.4, -0.2) is 34.7 Å². The summed E-state index contributed by atoms with van der Waals surface area (Å²) in [6.07, 6.45) is 0.701. The van der Waals surface area contributed by atoms with Crippen molar-refractivity contribution in [3.63, 3.8) is 0 Å². The number of likely N-dealkylation sites (tertiary alicyclic amines) is 1. The molecule has 5 atom stereocenters. The Hall–Kier alpha value is -2.21. The van der Waals surface area contributed by atoms with E-state index in [0.29, 0.717) is 6.42 Å². The third-order valence-corrected chi connectivity index (χ3v) is 6.38. The largest absolute Gasteiger partial charge is 0.324 e. The standard InChI is InChI=1S/C20H25N3O3/c1-6-11(4)23-17(24)14-12(5)22-20(15(14)18(23)25)13-8-9(2)7-10(3)16(13)21-19(20)26/h7-8,11-12,14-15,22H,6H2,1-5H3,(H,21,26)/t11?,12?,14-,15+,20?/m1/s1. The van der Waals surface area contributed by atoms with Crippen molar-refractivity contribution in [1.29, 1.82) is 0 Å². The molecule has 1 aromatic carbocycles. The molecule has 0 bridgehead atoms. The van der Waals surface area contributed by atoms with Crippen LogP contribution >= 0.6 is 0 Å². The van der Waals surface area contributed by atoms with Crippen LogP contribution in [0.25, 0.3) is 0 Å². The Morgan fingerprint density at radius 1 is 1.19 bits per heavy atom. The number of rotatable bonds is 2. The number of hydrogen-bond acceptors (Lipinski definition) is 4. The molecule has 0 aliphatic carbocycles. The number of aryl methyl sites for hydroxylation is 2. The summed E-state index contributed by atoms with van der Waals surface area (Å²) in [5.41, 5.74) is 2.41. The quantitative estimate of drug-likeness (QED) is 0.794. The maximum atomic E-state index is 13.3. The molecule has 3 unspecified atom stereocenters. The lowest BCUT2D eigenvalue weighted by molar-refractivity contribution is -0.145. The fourth-order valence-corrected chi connectivity index (χ4v) is 5.06. The first-order valence-corrected chi connectivity index (χ1v) is 9.31. The molecule has 3 heterocycles. The molecular formula is C20H25N3O3. The first-order chi connectivity index (χ1) is 12.2. The van der Waals surface area contributed by atoms with Crippen molar-refractivity contribution in [3.05, 3.63) is 28.8 Å². The first kappa shape index (κ1) is 17.2. The number of fused-ring (bicyclic) bond motifs is 4. The lowest BCUT2D eigenvalue weighted by Crippen LogP contribution is -2.53. The van der Waals surface area contributed by atoms with Crippen LogP contribution in [0.5, 0.6) is 0 Å². The fourth-order valence-electron chi connectivity index (χ4n) is 5.06. The Labute approximate surface area is 153 Å².